The van der Waals surface area contributed by atoms with Gasteiger partial charge in [-0.2, -0.15) is 5.10 Å². The fourth-order valence-electron chi connectivity index (χ4n) is 2.53. The molecule has 1 fully saturated rings. The van der Waals surface area contributed by atoms with Crippen LogP contribution < -0.4 is 5.32 Å². The highest BCUT2D eigenvalue weighted by molar-refractivity contribution is 6.31. The minimum Gasteiger partial charge on any atom is -0.309 e. The van der Waals surface area contributed by atoms with Crippen LogP contribution in [0, 0.1) is 5.92 Å². The van der Waals surface area contributed by atoms with Gasteiger partial charge in [0.05, 0.1) is 23.0 Å². The Morgan fingerprint density at radius 1 is 1.53 bits per heavy atom. The van der Waals surface area contributed by atoms with Crippen molar-refractivity contribution in [3.63, 3.8) is 0 Å². The van der Waals surface area contributed by atoms with Crippen molar-refractivity contribution in [1.82, 2.24) is 15.1 Å². The second kappa shape index (κ2) is 5.40. The van der Waals surface area contributed by atoms with E-state index in [1.165, 1.54) is 25.0 Å². The summed E-state index contributed by atoms with van der Waals surface area (Å²) in [5.74, 6) is 0.724. The van der Waals surface area contributed by atoms with Crippen molar-refractivity contribution >= 4 is 11.6 Å². The van der Waals surface area contributed by atoms with Crippen LogP contribution >= 0.6 is 11.6 Å². The third-order valence-corrected chi connectivity index (χ3v) is 3.91. The van der Waals surface area contributed by atoms with E-state index in [-0.39, 0.29) is 0 Å². The summed E-state index contributed by atoms with van der Waals surface area (Å²) in [6.07, 6.45) is 5.73. The first-order valence-electron chi connectivity index (χ1n) is 6.61. The molecule has 1 aromatic rings. The minimum atomic E-state index is 0.360. The zero-order valence-electron chi connectivity index (χ0n) is 10.9. The van der Waals surface area contributed by atoms with Crippen molar-refractivity contribution in [3.05, 3.63) is 16.9 Å². The molecule has 1 aliphatic carbocycles. The molecular formula is C13H22ClN3. The molecule has 96 valence electrons. The normalized spacial score (nSPS) is 18.4. The molecule has 0 saturated heterocycles. The van der Waals surface area contributed by atoms with Crippen LogP contribution in [0.15, 0.2) is 6.20 Å². The zero-order valence-corrected chi connectivity index (χ0v) is 11.7. The summed E-state index contributed by atoms with van der Waals surface area (Å²) in [5.41, 5.74) is 1.17. The van der Waals surface area contributed by atoms with Crippen LogP contribution in [0.1, 0.15) is 57.8 Å². The van der Waals surface area contributed by atoms with E-state index in [1.807, 2.05) is 0 Å². The largest absolute Gasteiger partial charge is 0.309 e. The molecule has 1 aromatic heterocycles. The van der Waals surface area contributed by atoms with Gasteiger partial charge in [-0.1, -0.05) is 24.9 Å². The van der Waals surface area contributed by atoms with Gasteiger partial charge in [-0.05, 0) is 39.2 Å². The maximum absolute atomic E-state index is 6.32. The van der Waals surface area contributed by atoms with E-state index in [0.717, 1.165) is 17.5 Å². The van der Waals surface area contributed by atoms with E-state index >= 15 is 0 Å². The molecule has 0 aliphatic heterocycles. The quantitative estimate of drug-likeness (QED) is 0.872. The summed E-state index contributed by atoms with van der Waals surface area (Å²) in [6.45, 7) is 7.42. The van der Waals surface area contributed by atoms with Crippen molar-refractivity contribution in [2.75, 3.05) is 6.54 Å². The van der Waals surface area contributed by atoms with Crippen LogP contribution in [0.3, 0.4) is 0 Å². The molecule has 0 spiro atoms. The SMILES string of the molecule is CCNC(c1c(Cl)cnn1C(C)C)C1CCC1. The molecule has 0 amide bonds. The Labute approximate surface area is 109 Å². The molecule has 1 saturated carbocycles. The van der Waals surface area contributed by atoms with Gasteiger partial charge in [0.25, 0.3) is 0 Å². The lowest BCUT2D eigenvalue weighted by Gasteiger charge is -2.35. The van der Waals surface area contributed by atoms with Gasteiger partial charge in [0.2, 0.25) is 0 Å². The van der Waals surface area contributed by atoms with Crippen LogP contribution in [-0.4, -0.2) is 16.3 Å². The second-order valence-electron chi connectivity index (χ2n) is 5.14. The third kappa shape index (κ3) is 2.50. The van der Waals surface area contributed by atoms with Gasteiger partial charge in [-0.25, -0.2) is 0 Å². The second-order valence-corrected chi connectivity index (χ2v) is 5.55. The Morgan fingerprint density at radius 2 is 2.24 bits per heavy atom. The molecule has 0 aromatic carbocycles. The van der Waals surface area contributed by atoms with Gasteiger partial charge in [0.15, 0.2) is 0 Å². The smallest absolute Gasteiger partial charge is 0.0834 e. The average Bonchev–Trinajstić information content (AvgIpc) is 2.56. The summed E-state index contributed by atoms with van der Waals surface area (Å²) in [4.78, 5) is 0. The summed E-state index contributed by atoms with van der Waals surface area (Å²) < 4.78 is 2.06. The Morgan fingerprint density at radius 3 is 2.71 bits per heavy atom. The highest BCUT2D eigenvalue weighted by atomic mass is 35.5. The fraction of sp³-hybridized carbons (Fsp3) is 0.769. The Hall–Kier alpha value is -0.540. The number of aromatic nitrogens is 2. The van der Waals surface area contributed by atoms with E-state index in [4.69, 9.17) is 11.6 Å². The maximum atomic E-state index is 6.32. The fourth-order valence-corrected chi connectivity index (χ4v) is 2.78. The van der Waals surface area contributed by atoms with Crippen LogP contribution in [0.2, 0.25) is 5.02 Å². The lowest BCUT2D eigenvalue weighted by atomic mass is 9.78. The van der Waals surface area contributed by atoms with E-state index in [0.29, 0.717) is 12.1 Å². The summed E-state index contributed by atoms with van der Waals surface area (Å²) >= 11 is 6.32. The molecule has 0 bridgehead atoms. The van der Waals surface area contributed by atoms with Gasteiger partial charge in [0.1, 0.15) is 0 Å². The number of hydrogen-bond acceptors (Lipinski definition) is 2. The van der Waals surface area contributed by atoms with E-state index in [1.54, 1.807) is 6.20 Å². The van der Waals surface area contributed by atoms with E-state index in [2.05, 4.69) is 35.9 Å². The van der Waals surface area contributed by atoms with Gasteiger partial charge in [-0.15, -0.1) is 0 Å². The van der Waals surface area contributed by atoms with Gasteiger partial charge >= 0.3 is 0 Å². The molecule has 4 heteroatoms. The first-order valence-corrected chi connectivity index (χ1v) is 6.99. The molecule has 0 radical (unpaired) electrons. The highest BCUT2D eigenvalue weighted by Crippen LogP contribution is 2.40. The van der Waals surface area contributed by atoms with Gasteiger partial charge in [-0.3, -0.25) is 4.68 Å². The lowest BCUT2D eigenvalue weighted by Crippen LogP contribution is -2.34. The summed E-state index contributed by atoms with van der Waals surface area (Å²) in [5, 5.41) is 8.78. The van der Waals surface area contributed by atoms with Crippen LogP contribution in [0.25, 0.3) is 0 Å². The number of halogens is 1. The standard InChI is InChI=1S/C13H22ClN3/c1-4-15-12(10-6-5-7-10)13-11(14)8-16-17(13)9(2)3/h8-10,12,15H,4-7H2,1-3H3. The monoisotopic (exact) mass is 255 g/mol. The van der Waals surface area contributed by atoms with Crippen molar-refractivity contribution in [2.24, 2.45) is 5.92 Å². The molecule has 1 heterocycles. The van der Waals surface area contributed by atoms with E-state index in [9.17, 15) is 0 Å². The van der Waals surface area contributed by atoms with E-state index < -0.39 is 0 Å². The summed E-state index contributed by atoms with van der Waals surface area (Å²) in [7, 11) is 0. The topological polar surface area (TPSA) is 29.9 Å². The predicted molar refractivity (Wildman–Crippen MR) is 71.4 cm³/mol. The molecular weight excluding hydrogens is 234 g/mol. The molecule has 2 rings (SSSR count). The van der Waals surface area contributed by atoms with Crippen LogP contribution in [0.5, 0.6) is 0 Å². The Balaban J connectivity index is 2.30. The molecule has 1 N–H and O–H groups in total. The average molecular weight is 256 g/mol. The number of nitrogens with one attached hydrogen (secondary N) is 1. The summed E-state index contributed by atoms with van der Waals surface area (Å²) in [6, 6.07) is 0.727. The number of hydrogen-bond donors (Lipinski definition) is 1. The number of rotatable bonds is 5. The van der Waals surface area contributed by atoms with Crippen LogP contribution in [-0.2, 0) is 0 Å². The zero-order chi connectivity index (χ0) is 12.4. The Kier molecular flexibility index (Phi) is 4.10. The number of nitrogens with zero attached hydrogens (tertiary/aromatic N) is 2. The highest BCUT2D eigenvalue weighted by Gasteiger charge is 2.32. The molecule has 3 nitrogen and oxygen atoms in total. The minimum absolute atomic E-state index is 0.360. The van der Waals surface area contributed by atoms with Crippen molar-refractivity contribution < 1.29 is 0 Å². The Bertz CT molecular complexity index is 369. The third-order valence-electron chi connectivity index (χ3n) is 3.62. The molecule has 1 aliphatic rings. The van der Waals surface area contributed by atoms with Crippen molar-refractivity contribution in [2.45, 2.75) is 52.1 Å². The first kappa shape index (κ1) is 12.9. The van der Waals surface area contributed by atoms with Gasteiger partial charge in [0, 0.05) is 6.04 Å². The molecule has 17 heavy (non-hydrogen) atoms. The van der Waals surface area contributed by atoms with Gasteiger partial charge < -0.3 is 5.32 Å². The maximum Gasteiger partial charge on any atom is 0.0834 e. The van der Waals surface area contributed by atoms with Crippen molar-refractivity contribution in [1.29, 1.82) is 0 Å². The predicted octanol–water partition coefficient (Wildman–Crippen LogP) is 3.57. The molecule has 1 atom stereocenters. The van der Waals surface area contributed by atoms with Crippen molar-refractivity contribution in [3.8, 4) is 0 Å². The van der Waals surface area contributed by atoms with Crippen LogP contribution in [0.4, 0.5) is 0 Å². The lowest BCUT2D eigenvalue weighted by molar-refractivity contribution is 0.222. The molecule has 1 unspecified atom stereocenters. The first-order chi connectivity index (χ1) is 8.15.